The van der Waals surface area contributed by atoms with Gasteiger partial charge < -0.3 is 10.1 Å². The van der Waals surface area contributed by atoms with Crippen molar-refractivity contribution in [2.24, 2.45) is 0 Å². The minimum Gasteiger partial charge on any atom is -0.374 e. The van der Waals surface area contributed by atoms with E-state index in [1.807, 2.05) is 0 Å². The molecule has 4 heteroatoms. The van der Waals surface area contributed by atoms with E-state index in [1.54, 1.807) is 0 Å². The number of rotatable bonds is 3. The Kier molecular flexibility index (Phi) is 4.52. The van der Waals surface area contributed by atoms with E-state index in [2.05, 4.69) is 15.1 Å². The van der Waals surface area contributed by atoms with Crippen LogP contribution in [0.2, 0.25) is 0 Å². The lowest BCUT2D eigenvalue weighted by atomic mass is 10.1. The first kappa shape index (κ1) is 12.9. The van der Waals surface area contributed by atoms with Gasteiger partial charge in [-0.15, -0.1) is 0 Å². The summed E-state index contributed by atoms with van der Waals surface area (Å²) in [5.74, 6) is 0. The van der Waals surface area contributed by atoms with Crippen LogP contribution in [0.1, 0.15) is 25.7 Å². The molecule has 18 heavy (non-hydrogen) atoms. The normalized spacial score (nSPS) is 36.0. The van der Waals surface area contributed by atoms with Crippen LogP contribution in [0.25, 0.3) is 0 Å². The van der Waals surface area contributed by atoms with Gasteiger partial charge in [0.1, 0.15) is 0 Å². The van der Waals surface area contributed by atoms with Gasteiger partial charge in [0.05, 0.1) is 12.7 Å². The fraction of sp³-hybridized carbons (Fsp3) is 1.00. The van der Waals surface area contributed by atoms with Crippen LogP contribution in [0.5, 0.6) is 0 Å². The van der Waals surface area contributed by atoms with E-state index in [4.69, 9.17) is 4.74 Å². The number of morpholine rings is 1. The molecule has 0 aliphatic carbocycles. The number of ether oxygens (including phenoxy) is 1. The molecular weight excluding hydrogens is 226 g/mol. The highest BCUT2D eigenvalue weighted by Crippen LogP contribution is 2.20. The van der Waals surface area contributed by atoms with Crippen molar-refractivity contribution in [3.63, 3.8) is 0 Å². The predicted octanol–water partition coefficient (Wildman–Crippen LogP) is 0.535. The third-order valence-corrected chi connectivity index (χ3v) is 4.62. The Morgan fingerprint density at radius 2 is 2.00 bits per heavy atom. The van der Waals surface area contributed by atoms with Crippen molar-refractivity contribution >= 4 is 0 Å². The van der Waals surface area contributed by atoms with Crippen LogP contribution in [0.15, 0.2) is 0 Å². The van der Waals surface area contributed by atoms with Gasteiger partial charge in [0, 0.05) is 32.2 Å². The van der Waals surface area contributed by atoms with Crippen LogP contribution in [-0.4, -0.2) is 74.4 Å². The molecule has 0 spiro atoms. The minimum atomic E-state index is 0.416. The zero-order valence-electron chi connectivity index (χ0n) is 11.4. The highest BCUT2D eigenvalue weighted by atomic mass is 16.5. The van der Waals surface area contributed by atoms with E-state index < -0.39 is 0 Å². The van der Waals surface area contributed by atoms with Crippen molar-refractivity contribution < 1.29 is 4.74 Å². The van der Waals surface area contributed by atoms with Gasteiger partial charge in [0.25, 0.3) is 0 Å². The molecule has 0 saturated carbocycles. The molecule has 3 rings (SSSR count). The first-order chi connectivity index (χ1) is 8.92. The lowest BCUT2D eigenvalue weighted by molar-refractivity contribution is 0.00824. The van der Waals surface area contributed by atoms with Crippen LogP contribution >= 0.6 is 0 Å². The molecule has 0 amide bonds. The highest BCUT2D eigenvalue weighted by Gasteiger charge is 2.29. The summed E-state index contributed by atoms with van der Waals surface area (Å²) in [6, 6.07) is 0.821. The highest BCUT2D eigenvalue weighted by molar-refractivity contribution is 4.86. The Labute approximate surface area is 111 Å². The Morgan fingerprint density at radius 1 is 1.11 bits per heavy atom. The van der Waals surface area contributed by atoms with Crippen molar-refractivity contribution in [3.8, 4) is 0 Å². The molecule has 0 radical (unpaired) electrons. The second-order valence-electron chi connectivity index (χ2n) is 6.00. The standard InChI is InChI=1S/C14H27N3O/c1-2-6-17(7-3-1)13-4-8-16(11-13)12-14-10-15-5-9-18-14/h13-15H,1-12H2. The van der Waals surface area contributed by atoms with Crippen molar-refractivity contribution in [3.05, 3.63) is 0 Å². The third-order valence-electron chi connectivity index (χ3n) is 4.62. The first-order valence-electron chi connectivity index (χ1n) is 7.70. The fourth-order valence-corrected chi connectivity index (χ4v) is 3.58. The van der Waals surface area contributed by atoms with Crippen LogP contribution in [0.3, 0.4) is 0 Å². The maximum Gasteiger partial charge on any atom is 0.0826 e. The van der Waals surface area contributed by atoms with Gasteiger partial charge in [0.2, 0.25) is 0 Å². The van der Waals surface area contributed by atoms with E-state index >= 15 is 0 Å². The second kappa shape index (κ2) is 6.33. The first-order valence-corrected chi connectivity index (χ1v) is 7.70. The lowest BCUT2D eigenvalue weighted by Gasteiger charge is -2.33. The monoisotopic (exact) mass is 253 g/mol. The number of hydrogen-bond donors (Lipinski definition) is 1. The summed E-state index contributed by atoms with van der Waals surface area (Å²) in [5.41, 5.74) is 0. The fourth-order valence-electron chi connectivity index (χ4n) is 3.58. The molecular formula is C14H27N3O. The summed E-state index contributed by atoms with van der Waals surface area (Å²) in [7, 11) is 0. The third kappa shape index (κ3) is 3.23. The number of piperidine rings is 1. The van der Waals surface area contributed by atoms with Gasteiger partial charge in [-0.25, -0.2) is 0 Å². The number of nitrogens with one attached hydrogen (secondary N) is 1. The van der Waals surface area contributed by atoms with Crippen molar-refractivity contribution in [2.45, 2.75) is 37.8 Å². The molecule has 2 unspecified atom stereocenters. The molecule has 104 valence electrons. The van der Waals surface area contributed by atoms with Gasteiger partial charge in [-0.1, -0.05) is 6.42 Å². The van der Waals surface area contributed by atoms with Gasteiger partial charge >= 0.3 is 0 Å². The predicted molar refractivity (Wildman–Crippen MR) is 72.9 cm³/mol. The van der Waals surface area contributed by atoms with E-state index in [1.165, 1.54) is 51.9 Å². The summed E-state index contributed by atoms with van der Waals surface area (Å²) in [6.45, 7) is 9.25. The quantitative estimate of drug-likeness (QED) is 0.794. The topological polar surface area (TPSA) is 27.7 Å². The molecule has 3 fully saturated rings. The summed E-state index contributed by atoms with van der Waals surface area (Å²) >= 11 is 0. The van der Waals surface area contributed by atoms with E-state index in [0.717, 1.165) is 32.3 Å². The van der Waals surface area contributed by atoms with Crippen molar-refractivity contribution in [2.75, 3.05) is 52.4 Å². The molecule has 0 aromatic carbocycles. The Balaban J connectivity index is 1.42. The van der Waals surface area contributed by atoms with Crippen LogP contribution in [-0.2, 0) is 4.74 Å². The average Bonchev–Trinajstić information content (AvgIpc) is 2.89. The zero-order valence-corrected chi connectivity index (χ0v) is 11.4. The summed E-state index contributed by atoms with van der Waals surface area (Å²) in [6.07, 6.45) is 6.03. The number of nitrogens with zero attached hydrogens (tertiary/aromatic N) is 2. The van der Waals surface area contributed by atoms with E-state index in [-0.39, 0.29) is 0 Å². The van der Waals surface area contributed by atoms with Crippen molar-refractivity contribution in [1.82, 2.24) is 15.1 Å². The zero-order chi connectivity index (χ0) is 12.2. The Bertz CT molecular complexity index is 249. The molecule has 0 aromatic heterocycles. The Hall–Kier alpha value is -0.160. The van der Waals surface area contributed by atoms with Gasteiger partial charge in [-0.05, 0) is 38.9 Å². The van der Waals surface area contributed by atoms with Gasteiger partial charge in [-0.2, -0.15) is 0 Å². The average molecular weight is 253 g/mol. The molecule has 2 atom stereocenters. The van der Waals surface area contributed by atoms with Gasteiger partial charge in [0.15, 0.2) is 0 Å². The van der Waals surface area contributed by atoms with E-state index in [9.17, 15) is 0 Å². The number of hydrogen-bond acceptors (Lipinski definition) is 4. The van der Waals surface area contributed by atoms with Crippen LogP contribution < -0.4 is 5.32 Å². The summed E-state index contributed by atoms with van der Waals surface area (Å²) in [4.78, 5) is 5.33. The smallest absolute Gasteiger partial charge is 0.0826 e. The molecule has 0 aromatic rings. The summed E-state index contributed by atoms with van der Waals surface area (Å²) < 4.78 is 5.80. The molecule has 3 aliphatic heterocycles. The molecule has 3 heterocycles. The molecule has 3 saturated heterocycles. The molecule has 4 nitrogen and oxygen atoms in total. The molecule has 3 aliphatic rings. The summed E-state index contributed by atoms with van der Waals surface area (Å²) in [5, 5.41) is 3.42. The molecule has 0 bridgehead atoms. The van der Waals surface area contributed by atoms with E-state index in [0.29, 0.717) is 6.10 Å². The van der Waals surface area contributed by atoms with Crippen molar-refractivity contribution in [1.29, 1.82) is 0 Å². The van der Waals surface area contributed by atoms with Gasteiger partial charge in [-0.3, -0.25) is 9.80 Å². The van der Waals surface area contributed by atoms with Crippen LogP contribution in [0, 0.1) is 0 Å². The largest absolute Gasteiger partial charge is 0.374 e. The lowest BCUT2D eigenvalue weighted by Crippen LogP contribution is -2.46. The SMILES string of the molecule is C1CCN(C2CCN(CC3CNCCO3)C2)CC1. The van der Waals surface area contributed by atoms with Crippen LogP contribution in [0.4, 0.5) is 0 Å². The Morgan fingerprint density at radius 3 is 2.78 bits per heavy atom. The molecule has 1 N–H and O–H groups in total. The minimum absolute atomic E-state index is 0.416. The maximum absolute atomic E-state index is 5.80. The second-order valence-corrected chi connectivity index (χ2v) is 6.00. The number of likely N-dealkylation sites (tertiary alicyclic amines) is 2. The maximum atomic E-state index is 5.80.